The number of benzene rings is 1. The lowest BCUT2D eigenvalue weighted by molar-refractivity contribution is 0.112. The van der Waals surface area contributed by atoms with E-state index >= 15 is 0 Å². The maximum Gasteiger partial charge on any atom is 0.150 e. The van der Waals surface area contributed by atoms with E-state index in [1.807, 2.05) is 0 Å². The smallest absolute Gasteiger partial charge is 0.150 e. The monoisotopic (exact) mass is 244 g/mol. The van der Waals surface area contributed by atoms with E-state index in [4.69, 9.17) is 0 Å². The van der Waals surface area contributed by atoms with Crippen LogP contribution >= 0.6 is 11.8 Å². The van der Waals surface area contributed by atoms with Gasteiger partial charge in [0, 0.05) is 5.56 Å². The van der Waals surface area contributed by atoms with Gasteiger partial charge in [0.2, 0.25) is 0 Å². The van der Waals surface area contributed by atoms with Crippen LogP contribution in [0.2, 0.25) is 0 Å². The van der Waals surface area contributed by atoms with Gasteiger partial charge in [0.1, 0.15) is 17.9 Å². The first-order valence-corrected chi connectivity index (χ1v) is 6.24. The molecule has 1 aromatic rings. The number of carbonyl (C=O) groups excluding carboxylic acids is 1. The topological polar surface area (TPSA) is 17.1 Å². The molecule has 4 heteroatoms. The van der Waals surface area contributed by atoms with Crippen molar-refractivity contribution in [2.75, 3.05) is 5.75 Å². The van der Waals surface area contributed by atoms with Gasteiger partial charge in [-0.2, -0.15) is 0 Å². The van der Waals surface area contributed by atoms with Crippen LogP contribution in [0.5, 0.6) is 0 Å². The van der Waals surface area contributed by atoms with Crippen LogP contribution in [-0.2, 0) is 0 Å². The van der Waals surface area contributed by atoms with E-state index in [1.165, 1.54) is 11.8 Å². The van der Waals surface area contributed by atoms with Gasteiger partial charge in [-0.15, -0.1) is 11.8 Å². The Hall–Kier alpha value is -0.900. The van der Waals surface area contributed by atoms with Gasteiger partial charge >= 0.3 is 0 Å². The SMILES string of the molecule is CCCCCSc1c(F)cc(C=O)cc1F. The zero-order valence-electron chi connectivity index (χ0n) is 9.13. The second-order valence-electron chi connectivity index (χ2n) is 3.49. The molecule has 0 unspecified atom stereocenters. The van der Waals surface area contributed by atoms with E-state index < -0.39 is 11.6 Å². The van der Waals surface area contributed by atoms with Crippen molar-refractivity contribution in [3.8, 4) is 0 Å². The highest BCUT2D eigenvalue weighted by atomic mass is 32.2. The van der Waals surface area contributed by atoms with Gasteiger partial charge in [0.15, 0.2) is 0 Å². The lowest BCUT2D eigenvalue weighted by Gasteiger charge is -2.05. The van der Waals surface area contributed by atoms with Crippen LogP contribution in [0.4, 0.5) is 8.78 Å². The predicted octanol–water partition coefficient (Wildman–Crippen LogP) is 4.06. The molecule has 0 amide bonds. The molecule has 1 nitrogen and oxygen atoms in total. The third kappa shape index (κ3) is 3.59. The fourth-order valence-corrected chi connectivity index (χ4v) is 2.26. The van der Waals surface area contributed by atoms with Crippen molar-refractivity contribution in [1.82, 2.24) is 0 Å². The number of rotatable bonds is 6. The quantitative estimate of drug-likeness (QED) is 0.426. The molecule has 0 bridgehead atoms. The summed E-state index contributed by atoms with van der Waals surface area (Å²) in [5.41, 5.74) is 0.0351. The number of thioether (sulfide) groups is 1. The molecule has 0 saturated carbocycles. The largest absolute Gasteiger partial charge is 0.298 e. The fraction of sp³-hybridized carbons (Fsp3) is 0.417. The van der Waals surface area contributed by atoms with Crippen molar-refractivity contribution in [3.63, 3.8) is 0 Å². The van der Waals surface area contributed by atoms with E-state index in [0.29, 0.717) is 12.0 Å². The Kier molecular flexibility index (Phi) is 5.46. The van der Waals surface area contributed by atoms with Crippen LogP contribution in [0.25, 0.3) is 0 Å². The van der Waals surface area contributed by atoms with Crippen molar-refractivity contribution in [2.24, 2.45) is 0 Å². The molecule has 0 heterocycles. The highest BCUT2D eigenvalue weighted by Crippen LogP contribution is 2.26. The minimum Gasteiger partial charge on any atom is -0.298 e. The van der Waals surface area contributed by atoms with Gasteiger partial charge in [-0.05, 0) is 24.3 Å². The van der Waals surface area contributed by atoms with Crippen LogP contribution in [0.3, 0.4) is 0 Å². The molecule has 0 saturated heterocycles. The third-order valence-corrected chi connectivity index (χ3v) is 3.32. The van der Waals surface area contributed by atoms with E-state index in [2.05, 4.69) is 6.92 Å². The Balaban J connectivity index is 2.69. The molecule has 1 aromatic carbocycles. The second kappa shape index (κ2) is 6.63. The van der Waals surface area contributed by atoms with Crippen LogP contribution in [0.15, 0.2) is 17.0 Å². The summed E-state index contributed by atoms with van der Waals surface area (Å²) in [5.74, 6) is -0.602. The van der Waals surface area contributed by atoms with Gasteiger partial charge in [-0.3, -0.25) is 4.79 Å². The summed E-state index contributed by atoms with van der Waals surface area (Å²) < 4.78 is 26.8. The molecule has 0 radical (unpaired) electrons. The van der Waals surface area contributed by atoms with E-state index in [-0.39, 0.29) is 10.5 Å². The number of carbonyl (C=O) groups is 1. The molecule has 0 aliphatic rings. The van der Waals surface area contributed by atoms with Gasteiger partial charge < -0.3 is 0 Å². The molecule has 0 fully saturated rings. The third-order valence-electron chi connectivity index (χ3n) is 2.15. The minimum absolute atomic E-state index is 0.0155. The van der Waals surface area contributed by atoms with Crippen molar-refractivity contribution in [2.45, 2.75) is 31.1 Å². The molecule has 0 spiro atoms. The summed E-state index contributed by atoms with van der Waals surface area (Å²) in [7, 11) is 0. The number of hydrogen-bond donors (Lipinski definition) is 0. The molecule has 0 N–H and O–H groups in total. The summed E-state index contributed by atoms with van der Waals surface area (Å²) in [6, 6.07) is 2.14. The Morgan fingerprint density at radius 3 is 2.38 bits per heavy atom. The maximum atomic E-state index is 13.4. The lowest BCUT2D eigenvalue weighted by Crippen LogP contribution is -1.93. The highest BCUT2D eigenvalue weighted by Gasteiger charge is 2.11. The molecule has 0 aliphatic carbocycles. The Labute approximate surface area is 98.2 Å². The Bertz CT molecular complexity index is 343. The average Bonchev–Trinajstić information content (AvgIpc) is 2.26. The summed E-state index contributed by atoms with van der Waals surface area (Å²) in [4.78, 5) is 10.4. The second-order valence-corrected chi connectivity index (χ2v) is 4.59. The first-order chi connectivity index (χ1) is 7.69. The molecular formula is C12H14F2OS. The fourth-order valence-electron chi connectivity index (χ4n) is 1.31. The average molecular weight is 244 g/mol. The minimum atomic E-state index is -0.649. The summed E-state index contributed by atoms with van der Waals surface area (Å²) in [6.07, 6.45) is 3.52. The Morgan fingerprint density at radius 2 is 1.88 bits per heavy atom. The molecule has 0 aliphatic heterocycles. The van der Waals surface area contributed by atoms with Crippen LogP contribution < -0.4 is 0 Å². The van der Waals surface area contributed by atoms with E-state index in [0.717, 1.165) is 31.4 Å². The normalized spacial score (nSPS) is 10.4. The number of aldehydes is 1. The number of unbranched alkanes of at least 4 members (excludes halogenated alkanes) is 2. The van der Waals surface area contributed by atoms with Crippen LogP contribution in [0.1, 0.15) is 36.5 Å². The molecule has 0 atom stereocenters. The summed E-state index contributed by atoms with van der Waals surface area (Å²) in [6.45, 7) is 2.07. The summed E-state index contributed by atoms with van der Waals surface area (Å²) in [5, 5.41) is 0. The lowest BCUT2D eigenvalue weighted by atomic mass is 10.2. The Morgan fingerprint density at radius 1 is 1.25 bits per heavy atom. The van der Waals surface area contributed by atoms with Gasteiger partial charge in [0.25, 0.3) is 0 Å². The van der Waals surface area contributed by atoms with Crippen molar-refractivity contribution in [3.05, 3.63) is 29.3 Å². The first kappa shape index (κ1) is 13.2. The predicted molar refractivity (Wildman–Crippen MR) is 62.0 cm³/mol. The van der Waals surface area contributed by atoms with Gasteiger partial charge in [0.05, 0.1) is 4.90 Å². The molecule has 16 heavy (non-hydrogen) atoms. The van der Waals surface area contributed by atoms with Crippen molar-refractivity contribution in [1.29, 1.82) is 0 Å². The summed E-state index contributed by atoms with van der Waals surface area (Å²) >= 11 is 1.17. The highest BCUT2D eigenvalue weighted by molar-refractivity contribution is 7.99. The molecule has 1 rings (SSSR count). The number of halogens is 2. The first-order valence-electron chi connectivity index (χ1n) is 5.26. The van der Waals surface area contributed by atoms with E-state index in [1.54, 1.807) is 0 Å². The maximum absolute atomic E-state index is 13.4. The zero-order chi connectivity index (χ0) is 12.0. The zero-order valence-corrected chi connectivity index (χ0v) is 9.95. The van der Waals surface area contributed by atoms with Gasteiger partial charge in [-0.25, -0.2) is 8.78 Å². The van der Waals surface area contributed by atoms with Crippen molar-refractivity contribution >= 4 is 18.0 Å². The van der Waals surface area contributed by atoms with Crippen LogP contribution in [0, 0.1) is 11.6 Å². The molecule has 0 aromatic heterocycles. The molecular weight excluding hydrogens is 230 g/mol. The number of hydrogen-bond acceptors (Lipinski definition) is 2. The van der Waals surface area contributed by atoms with Crippen LogP contribution in [-0.4, -0.2) is 12.0 Å². The van der Waals surface area contributed by atoms with Crippen molar-refractivity contribution < 1.29 is 13.6 Å². The molecule has 88 valence electrons. The van der Waals surface area contributed by atoms with E-state index in [9.17, 15) is 13.6 Å². The standard InChI is InChI=1S/C12H14F2OS/c1-2-3-4-5-16-12-10(13)6-9(8-15)7-11(12)14/h6-8H,2-5H2,1H3. The van der Waals surface area contributed by atoms with Gasteiger partial charge in [-0.1, -0.05) is 19.8 Å².